The number of nitrogens with zero attached hydrogens (tertiary/aromatic N) is 3. The first-order valence-corrected chi connectivity index (χ1v) is 10.2. The molecule has 7 nitrogen and oxygen atoms in total. The molecule has 1 aliphatic carbocycles. The maximum atomic E-state index is 13.1. The molecule has 31 heavy (non-hydrogen) atoms. The molecular weight excluding hydrogens is 390 g/mol. The van der Waals surface area contributed by atoms with Crippen LogP contribution in [0.15, 0.2) is 60.9 Å². The first-order chi connectivity index (χ1) is 15.0. The van der Waals surface area contributed by atoms with Gasteiger partial charge in [0.2, 0.25) is 0 Å². The van der Waals surface area contributed by atoms with Gasteiger partial charge in [-0.3, -0.25) is 14.6 Å². The minimum Gasteiger partial charge on any atom is -0.383 e. The van der Waals surface area contributed by atoms with E-state index in [1.165, 1.54) is 10.9 Å². The number of nitrogen functional groups attached to an aromatic ring is 1. The van der Waals surface area contributed by atoms with Crippen LogP contribution in [0.2, 0.25) is 0 Å². The normalized spacial score (nSPS) is 13.3. The number of benzene rings is 2. The van der Waals surface area contributed by atoms with Gasteiger partial charge >= 0.3 is 0 Å². The van der Waals surface area contributed by atoms with Crippen molar-refractivity contribution in [3.63, 3.8) is 0 Å². The number of nitrogens with two attached hydrogens (primary N) is 1. The number of rotatable bonds is 5. The van der Waals surface area contributed by atoms with Gasteiger partial charge in [-0.05, 0) is 61.7 Å². The number of aryl methyl sites for hydroxylation is 1. The van der Waals surface area contributed by atoms with E-state index in [-0.39, 0.29) is 23.6 Å². The molecule has 2 aromatic heterocycles. The predicted octanol–water partition coefficient (Wildman–Crippen LogP) is 3.43. The highest BCUT2D eigenvalue weighted by molar-refractivity contribution is 6.13. The van der Waals surface area contributed by atoms with Gasteiger partial charge in [0.15, 0.2) is 5.78 Å². The number of carbonyl (C=O) groups is 2. The number of ketones is 1. The molecule has 2 heterocycles. The van der Waals surface area contributed by atoms with Crippen LogP contribution in [0.4, 0.5) is 5.82 Å². The van der Waals surface area contributed by atoms with Gasteiger partial charge < -0.3 is 11.1 Å². The highest BCUT2D eigenvalue weighted by atomic mass is 16.1. The second-order valence-corrected chi connectivity index (χ2v) is 7.84. The molecule has 0 unspecified atom stereocenters. The summed E-state index contributed by atoms with van der Waals surface area (Å²) in [5.74, 6) is -0.0931. The number of fused-ring (bicyclic) bond motifs is 1. The van der Waals surface area contributed by atoms with Crippen LogP contribution in [0.1, 0.15) is 44.7 Å². The smallest absolute Gasteiger partial charge is 0.251 e. The highest BCUT2D eigenvalue weighted by Crippen LogP contribution is 2.25. The summed E-state index contributed by atoms with van der Waals surface area (Å²) in [5.41, 5.74) is 10.1. The SMILES string of the molecule is Cc1ccc(C(=O)NC2CC2)cc1-n1ncc(C(=O)c2ccc3ncccc3c2)c1N. The van der Waals surface area contributed by atoms with E-state index in [1.54, 1.807) is 30.5 Å². The Bertz CT molecular complexity index is 1340. The van der Waals surface area contributed by atoms with Gasteiger partial charge in [-0.15, -0.1) is 0 Å². The van der Waals surface area contributed by atoms with Gasteiger partial charge in [0.05, 0.1) is 23.0 Å². The molecule has 0 saturated heterocycles. The van der Waals surface area contributed by atoms with E-state index >= 15 is 0 Å². The highest BCUT2D eigenvalue weighted by Gasteiger charge is 2.24. The van der Waals surface area contributed by atoms with Gasteiger partial charge in [0.1, 0.15) is 5.82 Å². The molecule has 1 amide bonds. The predicted molar refractivity (Wildman–Crippen MR) is 118 cm³/mol. The molecule has 154 valence electrons. The van der Waals surface area contributed by atoms with Crippen molar-refractivity contribution in [3.05, 3.63) is 83.2 Å². The Hall–Kier alpha value is -4.00. The zero-order valence-corrected chi connectivity index (χ0v) is 17.0. The number of hydrogen-bond acceptors (Lipinski definition) is 5. The third-order valence-electron chi connectivity index (χ3n) is 5.53. The molecule has 0 spiro atoms. The summed E-state index contributed by atoms with van der Waals surface area (Å²) in [5, 5.41) is 8.22. The van der Waals surface area contributed by atoms with E-state index in [2.05, 4.69) is 15.4 Å². The lowest BCUT2D eigenvalue weighted by Crippen LogP contribution is -2.25. The molecule has 0 atom stereocenters. The Morgan fingerprint density at radius 3 is 2.71 bits per heavy atom. The third kappa shape index (κ3) is 3.54. The van der Waals surface area contributed by atoms with Gasteiger partial charge in [-0.2, -0.15) is 5.10 Å². The zero-order chi connectivity index (χ0) is 21.5. The van der Waals surface area contributed by atoms with Crippen LogP contribution >= 0.6 is 0 Å². The van der Waals surface area contributed by atoms with Crippen LogP contribution in [0, 0.1) is 6.92 Å². The van der Waals surface area contributed by atoms with Crippen molar-refractivity contribution < 1.29 is 9.59 Å². The fourth-order valence-electron chi connectivity index (χ4n) is 3.57. The summed E-state index contributed by atoms with van der Waals surface area (Å²) in [6, 6.07) is 14.8. The summed E-state index contributed by atoms with van der Waals surface area (Å²) in [7, 11) is 0. The van der Waals surface area contributed by atoms with Crippen LogP contribution in [0.3, 0.4) is 0 Å². The van der Waals surface area contributed by atoms with Crippen molar-refractivity contribution in [1.29, 1.82) is 0 Å². The molecule has 0 radical (unpaired) electrons. The average molecular weight is 411 g/mol. The van der Waals surface area contributed by atoms with Crippen LogP contribution in [-0.2, 0) is 0 Å². The molecular formula is C24H21N5O2. The number of aromatic nitrogens is 3. The Morgan fingerprint density at radius 1 is 1.10 bits per heavy atom. The van der Waals surface area contributed by atoms with Crippen molar-refractivity contribution in [2.24, 2.45) is 0 Å². The van der Waals surface area contributed by atoms with Crippen molar-refractivity contribution in [2.75, 3.05) is 5.73 Å². The van der Waals surface area contributed by atoms with E-state index in [1.807, 2.05) is 31.2 Å². The Morgan fingerprint density at radius 2 is 1.90 bits per heavy atom. The molecule has 1 fully saturated rings. The van der Waals surface area contributed by atoms with Crippen molar-refractivity contribution in [2.45, 2.75) is 25.8 Å². The van der Waals surface area contributed by atoms with E-state index in [0.717, 1.165) is 29.3 Å². The first-order valence-electron chi connectivity index (χ1n) is 10.2. The Balaban J connectivity index is 1.49. The van der Waals surface area contributed by atoms with Crippen molar-refractivity contribution >= 4 is 28.4 Å². The quantitative estimate of drug-likeness (QED) is 0.490. The van der Waals surface area contributed by atoms with E-state index in [0.29, 0.717) is 22.4 Å². The van der Waals surface area contributed by atoms with Crippen LogP contribution in [0.25, 0.3) is 16.6 Å². The van der Waals surface area contributed by atoms with Crippen molar-refractivity contribution in [1.82, 2.24) is 20.1 Å². The minimum atomic E-state index is -0.213. The lowest BCUT2D eigenvalue weighted by Gasteiger charge is -2.11. The summed E-state index contributed by atoms with van der Waals surface area (Å²) in [4.78, 5) is 29.9. The van der Waals surface area contributed by atoms with Crippen LogP contribution < -0.4 is 11.1 Å². The maximum Gasteiger partial charge on any atom is 0.251 e. The zero-order valence-electron chi connectivity index (χ0n) is 17.0. The van der Waals surface area contributed by atoms with E-state index < -0.39 is 0 Å². The lowest BCUT2D eigenvalue weighted by atomic mass is 10.0. The summed E-state index contributed by atoms with van der Waals surface area (Å²) in [6.07, 6.45) is 5.23. The second kappa shape index (κ2) is 7.36. The third-order valence-corrected chi connectivity index (χ3v) is 5.53. The molecule has 2 aromatic carbocycles. The average Bonchev–Trinajstić information content (AvgIpc) is 3.52. The molecule has 4 aromatic rings. The largest absolute Gasteiger partial charge is 0.383 e. The summed E-state index contributed by atoms with van der Waals surface area (Å²) >= 11 is 0. The molecule has 1 saturated carbocycles. The lowest BCUT2D eigenvalue weighted by molar-refractivity contribution is 0.0950. The molecule has 7 heteroatoms. The number of anilines is 1. The van der Waals surface area contributed by atoms with Gasteiger partial charge in [-0.1, -0.05) is 12.1 Å². The first kappa shape index (κ1) is 19.0. The molecule has 5 rings (SSSR count). The van der Waals surface area contributed by atoms with E-state index in [4.69, 9.17) is 5.73 Å². The fourth-order valence-corrected chi connectivity index (χ4v) is 3.57. The number of pyridine rings is 1. The molecule has 3 N–H and O–H groups in total. The summed E-state index contributed by atoms with van der Waals surface area (Å²) < 4.78 is 1.51. The van der Waals surface area contributed by atoms with Gasteiger partial charge in [0.25, 0.3) is 5.91 Å². The number of hydrogen-bond donors (Lipinski definition) is 2. The van der Waals surface area contributed by atoms with Gasteiger partial charge in [0, 0.05) is 28.8 Å². The van der Waals surface area contributed by atoms with Crippen molar-refractivity contribution in [3.8, 4) is 5.69 Å². The fraction of sp³-hybridized carbons (Fsp3) is 0.167. The number of nitrogens with one attached hydrogen (secondary N) is 1. The van der Waals surface area contributed by atoms with Crippen LogP contribution in [0.5, 0.6) is 0 Å². The number of amides is 1. The monoisotopic (exact) mass is 411 g/mol. The van der Waals surface area contributed by atoms with Crippen LogP contribution in [-0.4, -0.2) is 32.5 Å². The Labute approximate surface area is 178 Å². The number of carbonyl (C=O) groups excluding carboxylic acids is 2. The van der Waals surface area contributed by atoms with Gasteiger partial charge in [-0.25, -0.2) is 4.68 Å². The molecule has 0 aliphatic heterocycles. The standard InChI is InChI=1S/C24H21N5O2/c1-14-4-5-17(24(31)28-18-7-8-18)12-21(14)29-23(25)19(13-27-29)22(30)16-6-9-20-15(11-16)3-2-10-26-20/h2-6,9-13,18H,7-8,25H2,1H3,(H,28,31). The molecule has 1 aliphatic rings. The topological polar surface area (TPSA) is 103 Å². The minimum absolute atomic E-state index is 0.115. The second-order valence-electron chi connectivity index (χ2n) is 7.84. The Kier molecular flexibility index (Phi) is 4.51. The molecule has 0 bridgehead atoms. The summed E-state index contributed by atoms with van der Waals surface area (Å²) in [6.45, 7) is 1.91. The van der Waals surface area contributed by atoms with E-state index in [9.17, 15) is 9.59 Å². The maximum absolute atomic E-state index is 13.1.